The van der Waals surface area contributed by atoms with Crippen LogP contribution in [0.15, 0.2) is 0 Å². The second kappa shape index (κ2) is 4.94. The van der Waals surface area contributed by atoms with Crippen molar-refractivity contribution >= 4 is 5.91 Å². The van der Waals surface area contributed by atoms with Crippen LogP contribution in [-0.4, -0.2) is 49.1 Å². The van der Waals surface area contributed by atoms with Gasteiger partial charge in [0.05, 0.1) is 5.92 Å². The number of rotatable bonds is 2. The lowest BCUT2D eigenvalue weighted by atomic mass is 9.98. The van der Waals surface area contributed by atoms with Crippen molar-refractivity contribution in [1.29, 1.82) is 0 Å². The number of carbonyl (C=O) groups is 1. The minimum Gasteiger partial charge on any atom is -0.351 e. The summed E-state index contributed by atoms with van der Waals surface area (Å²) >= 11 is 0. The van der Waals surface area contributed by atoms with E-state index in [1.165, 1.54) is 32.4 Å². The molecule has 3 rings (SSSR count). The lowest BCUT2D eigenvalue weighted by Crippen LogP contribution is -2.48. The largest absolute Gasteiger partial charge is 0.351 e. The quantitative estimate of drug-likeness (QED) is 0.728. The molecule has 0 bridgehead atoms. The summed E-state index contributed by atoms with van der Waals surface area (Å²) in [4.78, 5) is 14.7. The molecule has 3 heterocycles. The number of fused-ring (bicyclic) bond motifs is 1. The van der Waals surface area contributed by atoms with E-state index < -0.39 is 0 Å². The van der Waals surface area contributed by atoms with Crippen LogP contribution in [0.2, 0.25) is 0 Å². The molecular weight excluding hydrogens is 214 g/mol. The number of carbonyl (C=O) groups excluding carboxylic acids is 1. The van der Waals surface area contributed by atoms with E-state index in [-0.39, 0.29) is 11.8 Å². The maximum absolute atomic E-state index is 12.1. The molecule has 2 N–H and O–H groups in total. The highest BCUT2D eigenvalue weighted by Crippen LogP contribution is 2.27. The standard InChI is InChI=1S/C13H23N3O/c17-13(10-4-6-14-9-10)15-11-5-8-16-7-2-1-3-12(11)16/h10-12,14H,1-9H2,(H,15,17). The zero-order valence-electron chi connectivity index (χ0n) is 10.5. The first-order valence-electron chi connectivity index (χ1n) is 7.10. The average molecular weight is 237 g/mol. The molecule has 0 saturated carbocycles. The number of amides is 1. The molecule has 0 spiro atoms. The number of piperidine rings is 1. The van der Waals surface area contributed by atoms with Gasteiger partial charge in [0.15, 0.2) is 0 Å². The summed E-state index contributed by atoms with van der Waals surface area (Å²) in [6, 6.07) is 1.05. The lowest BCUT2D eigenvalue weighted by molar-refractivity contribution is -0.125. The van der Waals surface area contributed by atoms with Crippen molar-refractivity contribution in [2.45, 2.75) is 44.2 Å². The summed E-state index contributed by atoms with van der Waals surface area (Å²) in [5, 5.41) is 6.56. The van der Waals surface area contributed by atoms with Gasteiger partial charge in [0.1, 0.15) is 0 Å². The third-order valence-electron chi connectivity index (χ3n) is 4.61. The van der Waals surface area contributed by atoms with E-state index in [1.54, 1.807) is 0 Å². The first-order chi connectivity index (χ1) is 8.34. The second-order valence-electron chi connectivity index (χ2n) is 5.69. The molecule has 3 aliphatic heterocycles. The molecule has 0 radical (unpaired) electrons. The molecule has 0 aliphatic carbocycles. The molecule has 96 valence electrons. The fourth-order valence-electron chi connectivity index (χ4n) is 3.59. The predicted octanol–water partition coefficient (Wildman–Crippen LogP) is 0.339. The molecule has 3 fully saturated rings. The van der Waals surface area contributed by atoms with Crippen LogP contribution in [0.3, 0.4) is 0 Å². The number of nitrogens with one attached hydrogen (secondary N) is 2. The minimum atomic E-state index is 0.215. The van der Waals surface area contributed by atoms with E-state index in [1.807, 2.05) is 0 Å². The summed E-state index contributed by atoms with van der Waals surface area (Å²) in [6.07, 6.45) is 6.10. The Labute approximate surface area is 103 Å². The van der Waals surface area contributed by atoms with Crippen molar-refractivity contribution in [1.82, 2.24) is 15.5 Å². The Hall–Kier alpha value is -0.610. The van der Waals surface area contributed by atoms with E-state index in [0.29, 0.717) is 12.1 Å². The zero-order chi connectivity index (χ0) is 11.7. The van der Waals surface area contributed by atoms with Gasteiger partial charge in [-0.05, 0) is 38.8 Å². The first-order valence-corrected chi connectivity index (χ1v) is 7.10. The third-order valence-corrected chi connectivity index (χ3v) is 4.61. The SMILES string of the molecule is O=C(NC1CCN2CCCCC12)C1CCNC1. The van der Waals surface area contributed by atoms with E-state index in [9.17, 15) is 4.79 Å². The first kappa shape index (κ1) is 11.5. The van der Waals surface area contributed by atoms with Crippen molar-refractivity contribution < 1.29 is 4.79 Å². The van der Waals surface area contributed by atoms with Crippen molar-refractivity contribution in [2.24, 2.45) is 5.92 Å². The molecule has 3 atom stereocenters. The molecule has 0 aromatic rings. The lowest BCUT2D eigenvalue weighted by Gasteiger charge is -2.32. The summed E-state index contributed by atoms with van der Waals surface area (Å²) in [5.41, 5.74) is 0. The van der Waals surface area contributed by atoms with Crippen molar-refractivity contribution in [3.8, 4) is 0 Å². The molecule has 0 aromatic carbocycles. The highest BCUT2D eigenvalue weighted by atomic mass is 16.2. The van der Waals surface area contributed by atoms with Crippen LogP contribution in [0.4, 0.5) is 0 Å². The van der Waals surface area contributed by atoms with Crippen LogP contribution in [-0.2, 0) is 4.79 Å². The van der Waals surface area contributed by atoms with Crippen LogP contribution in [0.5, 0.6) is 0 Å². The van der Waals surface area contributed by atoms with Crippen molar-refractivity contribution in [3.05, 3.63) is 0 Å². The molecule has 3 saturated heterocycles. The van der Waals surface area contributed by atoms with E-state index in [4.69, 9.17) is 0 Å². The fraction of sp³-hybridized carbons (Fsp3) is 0.923. The summed E-state index contributed by atoms with van der Waals surface area (Å²) in [5.74, 6) is 0.500. The maximum Gasteiger partial charge on any atom is 0.224 e. The van der Waals surface area contributed by atoms with Gasteiger partial charge in [0.25, 0.3) is 0 Å². The Kier molecular flexibility index (Phi) is 3.34. The predicted molar refractivity (Wildman–Crippen MR) is 66.7 cm³/mol. The van der Waals surface area contributed by atoms with E-state index in [0.717, 1.165) is 25.9 Å². The molecule has 3 unspecified atom stereocenters. The van der Waals surface area contributed by atoms with E-state index >= 15 is 0 Å². The van der Waals surface area contributed by atoms with Gasteiger partial charge in [-0.25, -0.2) is 0 Å². The monoisotopic (exact) mass is 237 g/mol. The van der Waals surface area contributed by atoms with E-state index in [2.05, 4.69) is 15.5 Å². The van der Waals surface area contributed by atoms with Crippen LogP contribution >= 0.6 is 0 Å². The molecular formula is C13H23N3O. The van der Waals surface area contributed by atoms with Crippen LogP contribution in [0.1, 0.15) is 32.1 Å². The zero-order valence-corrected chi connectivity index (χ0v) is 10.5. The highest BCUT2D eigenvalue weighted by Gasteiger charge is 2.37. The van der Waals surface area contributed by atoms with Gasteiger partial charge in [-0.2, -0.15) is 0 Å². The Morgan fingerprint density at radius 1 is 1.18 bits per heavy atom. The van der Waals surface area contributed by atoms with Crippen LogP contribution < -0.4 is 10.6 Å². The third kappa shape index (κ3) is 2.33. The van der Waals surface area contributed by atoms with Crippen LogP contribution in [0.25, 0.3) is 0 Å². The summed E-state index contributed by atoms with van der Waals surface area (Å²) in [6.45, 7) is 4.28. The molecule has 4 nitrogen and oxygen atoms in total. The minimum absolute atomic E-state index is 0.215. The Morgan fingerprint density at radius 2 is 2.12 bits per heavy atom. The van der Waals surface area contributed by atoms with Crippen molar-refractivity contribution in [2.75, 3.05) is 26.2 Å². The Balaban J connectivity index is 1.56. The van der Waals surface area contributed by atoms with Gasteiger partial charge >= 0.3 is 0 Å². The summed E-state index contributed by atoms with van der Waals surface area (Å²) < 4.78 is 0. The highest BCUT2D eigenvalue weighted by molar-refractivity contribution is 5.79. The second-order valence-corrected chi connectivity index (χ2v) is 5.69. The Morgan fingerprint density at radius 3 is 2.94 bits per heavy atom. The number of hydrogen-bond acceptors (Lipinski definition) is 3. The fourth-order valence-corrected chi connectivity index (χ4v) is 3.59. The Bertz CT molecular complexity index is 288. The molecule has 17 heavy (non-hydrogen) atoms. The average Bonchev–Trinajstić information content (AvgIpc) is 2.98. The summed E-state index contributed by atoms with van der Waals surface area (Å²) in [7, 11) is 0. The maximum atomic E-state index is 12.1. The van der Waals surface area contributed by atoms with Crippen LogP contribution in [0, 0.1) is 5.92 Å². The van der Waals surface area contributed by atoms with Gasteiger partial charge in [-0.1, -0.05) is 6.42 Å². The molecule has 3 aliphatic rings. The number of hydrogen-bond donors (Lipinski definition) is 2. The normalized spacial score (nSPS) is 38.0. The van der Waals surface area contributed by atoms with Gasteiger partial charge in [-0.3, -0.25) is 9.69 Å². The van der Waals surface area contributed by atoms with Gasteiger partial charge in [0.2, 0.25) is 5.91 Å². The number of nitrogens with zero attached hydrogens (tertiary/aromatic N) is 1. The smallest absolute Gasteiger partial charge is 0.224 e. The molecule has 0 aromatic heterocycles. The molecule has 4 heteroatoms. The van der Waals surface area contributed by atoms with Gasteiger partial charge in [0, 0.05) is 25.2 Å². The topological polar surface area (TPSA) is 44.4 Å². The molecule has 1 amide bonds. The van der Waals surface area contributed by atoms with Crippen molar-refractivity contribution in [3.63, 3.8) is 0 Å². The van der Waals surface area contributed by atoms with Gasteiger partial charge in [-0.15, -0.1) is 0 Å². The van der Waals surface area contributed by atoms with Gasteiger partial charge < -0.3 is 10.6 Å².